The maximum Gasteiger partial charge on any atom is 0.246 e. The lowest BCUT2D eigenvalue weighted by atomic mass is 9.86. The summed E-state index contributed by atoms with van der Waals surface area (Å²) in [7, 11) is -3.84. The van der Waals surface area contributed by atoms with E-state index in [1.165, 1.54) is 28.9 Å². The van der Waals surface area contributed by atoms with E-state index in [9.17, 15) is 17.6 Å². The van der Waals surface area contributed by atoms with Crippen LogP contribution in [0.4, 0.5) is 4.39 Å². The maximum atomic E-state index is 13.9. The van der Waals surface area contributed by atoms with E-state index in [0.29, 0.717) is 19.0 Å². The molecule has 1 N–H and O–H groups in total. The van der Waals surface area contributed by atoms with Gasteiger partial charge in [-0.3, -0.25) is 9.69 Å². The van der Waals surface area contributed by atoms with Gasteiger partial charge in [0.05, 0.1) is 6.54 Å². The third-order valence-corrected chi connectivity index (χ3v) is 7.54. The minimum absolute atomic E-state index is 0.000777. The lowest BCUT2D eigenvalue weighted by Crippen LogP contribution is -2.52. The number of amides is 1. The van der Waals surface area contributed by atoms with E-state index in [0.717, 1.165) is 25.3 Å². The van der Waals surface area contributed by atoms with Crippen molar-refractivity contribution in [1.82, 2.24) is 14.5 Å². The SMILES string of the molecule is C[C@H]1CCCC[C@H]1NC(=O)CN1CCN(S(=O)(=O)c2ccccc2F)CC1. The minimum Gasteiger partial charge on any atom is -0.352 e. The predicted molar refractivity (Wildman–Crippen MR) is 101 cm³/mol. The van der Waals surface area contributed by atoms with Gasteiger partial charge in [0.15, 0.2) is 0 Å². The number of sulfonamides is 1. The van der Waals surface area contributed by atoms with Gasteiger partial charge in [-0.15, -0.1) is 0 Å². The molecular formula is C19H28FN3O3S. The van der Waals surface area contributed by atoms with Gasteiger partial charge in [-0.25, -0.2) is 12.8 Å². The van der Waals surface area contributed by atoms with Crippen molar-refractivity contribution in [3.8, 4) is 0 Å². The lowest BCUT2D eigenvalue weighted by molar-refractivity contribution is -0.123. The number of carbonyl (C=O) groups is 1. The van der Waals surface area contributed by atoms with Gasteiger partial charge in [-0.05, 0) is 30.9 Å². The standard InChI is InChI=1S/C19H28FN3O3S/c1-15-6-2-4-8-17(15)21-19(24)14-22-10-12-23(13-11-22)27(25,26)18-9-5-3-7-16(18)20/h3,5,7,9,15,17H,2,4,6,8,10-14H2,1H3,(H,21,24)/t15-,17+/m0/s1. The number of hydrogen-bond acceptors (Lipinski definition) is 4. The van der Waals surface area contributed by atoms with Gasteiger partial charge >= 0.3 is 0 Å². The molecule has 27 heavy (non-hydrogen) atoms. The molecule has 0 spiro atoms. The molecule has 2 atom stereocenters. The highest BCUT2D eigenvalue weighted by Gasteiger charge is 2.31. The molecule has 1 aromatic rings. The lowest BCUT2D eigenvalue weighted by Gasteiger charge is -2.34. The topological polar surface area (TPSA) is 69.7 Å². The molecule has 1 amide bonds. The summed E-state index contributed by atoms with van der Waals surface area (Å²) in [6, 6.07) is 5.67. The molecule has 3 rings (SSSR count). The Morgan fingerprint density at radius 2 is 1.81 bits per heavy atom. The summed E-state index contributed by atoms with van der Waals surface area (Å²) in [5.74, 6) is -0.231. The molecule has 1 aromatic carbocycles. The maximum absolute atomic E-state index is 13.9. The number of halogens is 1. The van der Waals surface area contributed by atoms with Gasteiger partial charge in [-0.1, -0.05) is 31.9 Å². The zero-order valence-electron chi connectivity index (χ0n) is 15.7. The van der Waals surface area contributed by atoms with Crippen LogP contribution in [0.15, 0.2) is 29.2 Å². The summed E-state index contributed by atoms with van der Waals surface area (Å²) in [6.07, 6.45) is 4.56. The molecule has 6 nitrogen and oxygen atoms in total. The Morgan fingerprint density at radius 1 is 1.15 bits per heavy atom. The van der Waals surface area contributed by atoms with Crippen molar-refractivity contribution in [3.05, 3.63) is 30.1 Å². The number of rotatable bonds is 5. The third kappa shape index (κ3) is 4.86. The van der Waals surface area contributed by atoms with Crippen molar-refractivity contribution in [2.24, 2.45) is 5.92 Å². The first-order valence-electron chi connectivity index (χ1n) is 9.64. The van der Waals surface area contributed by atoms with Gasteiger partial charge in [0, 0.05) is 32.2 Å². The molecule has 0 aromatic heterocycles. The Balaban J connectivity index is 1.51. The molecule has 0 bridgehead atoms. The van der Waals surface area contributed by atoms with Crippen molar-refractivity contribution in [3.63, 3.8) is 0 Å². The van der Waals surface area contributed by atoms with Crippen molar-refractivity contribution < 1.29 is 17.6 Å². The number of hydrogen-bond donors (Lipinski definition) is 1. The highest BCUT2D eigenvalue weighted by Crippen LogP contribution is 2.24. The molecule has 1 aliphatic heterocycles. The smallest absolute Gasteiger partial charge is 0.246 e. The fourth-order valence-corrected chi connectivity index (χ4v) is 5.39. The summed E-state index contributed by atoms with van der Waals surface area (Å²) >= 11 is 0. The first-order chi connectivity index (χ1) is 12.9. The summed E-state index contributed by atoms with van der Waals surface area (Å²) in [6.45, 7) is 3.88. The van der Waals surface area contributed by atoms with E-state index < -0.39 is 15.8 Å². The van der Waals surface area contributed by atoms with Gasteiger partial charge in [0.1, 0.15) is 10.7 Å². The largest absolute Gasteiger partial charge is 0.352 e. The summed E-state index contributed by atoms with van der Waals surface area (Å²) in [5.41, 5.74) is 0. The second kappa shape index (κ2) is 8.67. The quantitative estimate of drug-likeness (QED) is 0.823. The molecule has 0 radical (unpaired) electrons. The third-order valence-electron chi connectivity index (χ3n) is 5.61. The number of benzene rings is 1. The molecule has 1 saturated heterocycles. The summed E-state index contributed by atoms with van der Waals surface area (Å²) in [4.78, 5) is 14.0. The Bertz CT molecular complexity index is 763. The Morgan fingerprint density at radius 3 is 2.48 bits per heavy atom. The Kier molecular flexibility index (Phi) is 6.49. The normalized spacial score (nSPS) is 25.3. The van der Waals surface area contributed by atoms with Crippen LogP contribution in [-0.4, -0.2) is 62.3 Å². The van der Waals surface area contributed by atoms with Crippen molar-refractivity contribution in [1.29, 1.82) is 0 Å². The van der Waals surface area contributed by atoms with Crippen molar-refractivity contribution in [2.45, 2.75) is 43.5 Å². The minimum atomic E-state index is -3.84. The van der Waals surface area contributed by atoms with Crippen molar-refractivity contribution >= 4 is 15.9 Å². The number of piperazine rings is 1. The van der Waals surface area contributed by atoms with Gasteiger partial charge in [-0.2, -0.15) is 4.31 Å². The molecule has 1 saturated carbocycles. The van der Waals surface area contributed by atoms with Crippen LogP contribution in [0.1, 0.15) is 32.6 Å². The first-order valence-corrected chi connectivity index (χ1v) is 11.1. The van der Waals surface area contributed by atoms with E-state index in [2.05, 4.69) is 12.2 Å². The van der Waals surface area contributed by atoms with Crippen LogP contribution in [0.5, 0.6) is 0 Å². The first kappa shape index (κ1) is 20.2. The zero-order valence-corrected chi connectivity index (χ0v) is 16.5. The van der Waals surface area contributed by atoms with E-state index in [-0.39, 0.29) is 36.5 Å². The second-order valence-corrected chi connectivity index (χ2v) is 9.45. The van der Waals surface area contributed by atoms with Gasteiger partial charge in [0.2, 0.25) is 15.9 Å². The molecule has 0 unspecified atom stereocenters. The van der Waals surface area contributed by atoms with Crippen LogP contribution in [0, 0.1) is 11.7 Å². The average Bonchev–Trinajstić information content (AvgIpc) is 2.64. The van der Waals surface area contributed by atoms with Gasteiger partial charge < -0.3 is 5.32 Å². The van der Waals surface area contributed by atoms with Crippen LogP contribution in [0.25, 0.3) is 0 Å². The van der Waals surface area contributed by atoms with Crippen LogP contribution < -0.4 is 5.32 Å². The Labute approximate surface area is 160 Å². The molecule has 1 heterocycles. The molecular weight excluding hydrogens is 369 g/mol. The van der Waals surface area contributed by atoms with Crippen LogP contribution in [0.3, 0.4) is 0 Å². The molecule has 2 aliphatic rings. The number of carbonyl (C=O) groups excluding carboxylic acids is 1. The van der Waals surface area contributed by atoms with E-state index in [4.69, 9.17) is 0 Å². The second-order valence-electron chi connectivity index (χ2n) is 7.55. The number of nitrogens with zero attached hydrogens (tertiary/aromatic N) is 2. The number of nitrogens with one attached hydrogen (secondary N) is 1. The summed E-state index contributed by atoms with van der Waals surface area (Å²) < 4.78 is 40.4. The average molecular weight is 398 g/mol. The van der Waals surface area contributed by atoms with E-state index in [1.54, 1.807) is 0 Å². The predicted octanol–water partition coefficient (Wildman–Crippen LogP) is 1.83. The van der Waals surface area contributed by atoms with E-state index in [1.807, 2.05) is 4.90 Å². The zero-order chi connectivity index (χ0) is 19.4. The highest BCUT2D eigenvalue weighted by atomic mass is 32.2. The molecule has 1 aliphatic carbocycles. The Hall–Kier alpha value is -1.51. The van der Waals surface area contributed by atoms with Crippen LogP contribution in [-0.2, 0) is 14.8 Å². The fourth-order valence-electron chi connectivity index (χ4n) is 3.91. The fraction of sp³-hybridized carbons (Fsp3) is 0.632. The molecule has 150 valence electrons. The van der Waals surface area contributed by atoms with E-state index >= 15 is 0 Å². The molecule has 8 heteroatoms. The summed E-state index contributed by atoms with van der Waals surface area (Å²) in [5, 5.41) is 3.13. The van der Waals surface area contributed by atoms with Crippen LogP contribution in [0.2, 0.25) is 0 Å². The monoisotopic (exact) mass is 397 g/mol. The van der Waals surface area contributed by atoms with Crippen molar-refractivity contribution in [2.75, 3.05) is 32.7 Å². The van der Waals surface area contributed by atoms with Crippen LogP contribution >= 0.6 is 0 Å². The van der Waals surface area contributed by atoms with Gasteiger partial charge in [0.25, 0.3) is 0 Å². The molecule has 2 fully saturated rings. The highest BCUT2D eigenvalue weighted by molar-refractivity contribution is 7.89.